The highest BCUT2D eigenvalue weighted by atomic mass is 19.4. The highest BCUT2D eigenvalue weighted by Gasteiger charge is 2.35. The summed E-state index contributed by atoms with van der Waals surface area (Å²) in [4.78, 5) is 8.09. The molecule has 9 heteroatoms. The zero-order valence-corrected chi connectivity index (χ0v) is 16.0. The van der Waals surface area contributed by atoms with E-state index < -0.39 is 17.6 Å². The number of ether oxygens (including phenoxy) is 2. The topological polar surface area (TPSA) is 67.8 Å². The van der Waals surface area contributed by atoms with E-state index in [0.717, 1.165) is 23.8 Å². The lowest BCUT2D eigenvalue weighted by molar-refractivity contribution is -0.139. The number of rotatable bonds is 6. The third-order valence-electron chi connectivity index (χ3n) is 4.29. The summed E-state index contributed by atoms with van der Waals surface area (Å²) in [5, 5.41) is 6.50. The molecule has 0 saturated carbocycles. The van der Waals surface area contributed by atoms with Crippen LogP contribution in [0.1, 0.15) is 30.5 Å². The van der Waals surface area contributed by atoms with E-state index in [4.69, 9.17) is 9.47 Å². The molecule has 1 aromatic carbocycles. The van der Waals surface area contributed by atoms with Gasteiger partial charge in [0.1, 0.15) is 17.9 Å². The predicted octanol–water partition coefficient (Wildman–Crippen LogP) is 3.56. The van der Waals surface area contributed by atoms with Crippen LogP contribution in [-0.2, 0) is 6.18 Å². The first-order valence-corrected chi connectivity index (χ1v) is 9.40. The van der Waals surface area contributed by atoms with Crippen molar-refractivity contribution in [3.63, 3.8) is 0 Å². The first-order valence-electron chi connectivity index (χ1n) is 9.40. The van der Waals surface area contributed by atoms with Crippen LogP contribution in [0.2, 0.25) is 0 Å². The van der Waals surface area contributed by atoms with Crippen LogP contribution < -0.4 is 20.1 Å². The molecule has 6 nitrogen and oxygen atoms in total. The molecule has 3 rings (SSSR count). The maximum Gasteiger partial charge on any atom is 0.421 e. The Hall–Kier alpha value is -2.97. The monoisotopic (exact) mass is 408 g/mol. The molecule has 1 aromatic heterocycles. The molecule has 1 atom stereocenters. The van der Waals surface area contributed by atoms with Crippen LogP contribution in [0.25, 0.3) is 0 Å². The van der Waals surface area contributed by atoms with Gasteiger partial charge in [-0.1, -0.05) is 18.2 Å². The summed E-state index contributed by atoms with van der Waals surface area (Å²) in [5.41, 5.74) is 0.150. The third-order valence-corrected chi connectivity index (χ3v) is 4.29. The number of aliphatic imine (C=N–C) groups is 1. The summed E-state index contributed by atoms with van der Waals surface area (Å²) in [5.74, 6) is 0.964. The quantitative estimate of drug-likeness (QED) is 0.435. The minimum Gasteiger partial charge on any atom is -0.493 e. The molecule has 0 aliphatic carbocycles. The molecule has 0 radical (unpaired) electrons. The molecule has 29 heavy (non-hydrogen) atoms. The van der Waals surface area contributed by atoms with Crippen molar-refractivity contribution in [3.05, 3.63) is 53.7 Å². The number of aromatic nitrogens is 1. The van der Waals surface area contributed by atoms with E-state index in [9.17, 15) is 13.2 Å². The van der Waals surface area contributed by atoms with Crippen molar-refractivity contribution < 1.29 is 22.6 Å². The van der Waals surface area contributed by atoms with E-state index in [0.29, 0.717) is 19.1 Å². The van der Waals surface area contributed by atoms with Gasteiger partial charge in [0, 0.05) is 24.7 Å². The number of hydrogen-bond acceptors (Lipinski definition) is 4. The molecular formula is C20H23F3N4O2. The molecule has 0 spiro atoms. The normalized spacial score (nSPS) is 16.6. The van der Waals surface area contributed by atoms with Crippen molar-refractivity contribution in [2.24, 2.45) is 4.99 Å². The number of hydrogen-bond donors (Lipinski definition) is 2. The predicted molar refractivity (Wildman–Crippen MR) is 103 cm³/mol. The summed E-state index contributed by atoms with van der Waals surface area (Å²) >= 11 is 0. The van der Waals surface area contributed by atoms with Crippen LogP contribution >= 0.6 is 0 Å². The van der Waals surface area contributed by atoms with Crippen molar-refractivity contribution in [1.82, 2.24) is 15.6 Å². The molecular weight excluding hydrogens is 385 g/mol. The molecule has 1 unspecified atom stereocenters. The maximum atomic E-state index is 13.0. The van der Waals surface area contributed by atoms with Gasteiger partial charge in [0.2, 0.25) is 5.88 Å². The van der Waals surface area contributed by atoms with E-state index >= 15 is 0 Å². The van der Waals surface area contributed by atoms with Crippen LogP contribution in [0.4, 0.5) is 13.2 Å². The molecule has 1 aliphatic heterocycles. The Kier molecular flexibility index (Phi) is 6.79. The molecule has 0 bridgehead atoms. The number of benzene rings is 1. The Bertz CT molecular complexity index is 842. The van der Waals surface area contributed by atoms with Crippen molar-refractivity contribution in [1.29, 1.82) is 0 Å². The van der Waals surface area contributed by atoms with Gasteiger partial charge >= 0.3 is 6.18 Å². The number of guanidine groups is 1. The zero-order chi connectivity index (χ0) is 20.7. The number of para-hydroxylation sites is 1. The number of fused-ring (bicyclic) bond motifs is 1. The summed E-state index contributed by atoms with van der Waals surface area (Å²) in [6, 6.07) is 10.00. The Morgan fingerprint density at radius 3 is 2.90 bits per heavy atom. The lowest BCUT2D eigenvalue weighted by atomic mass is 10.0. The Morgan fingerprint density at radius 1 is 1.28 bits per heavy atom. The average molecular weight is 408 g/mol. The van der Waals surface area contributed by atoms with Gasteiger partial charge in [0.05, 0.1) is 19.2 Å². The SMILES string of the molecule is CCNC(=NCCOc1ncccc1C(F)(F)F)NC1CCOc2ccccc21. The van der Waals surface area contributed by atoms with Gasteiger partial charge in [-0.3, -0.25) is 0 Å². The second-order valence-electron chi connectivity index (χ2n) is 6.33. The second-order valence-corrected chi connectivity index (χ2v) is 6.33. The summed E-state index contributed by atoms with van der Waals surface area (Å²) in [6.07, 6.45) is -2.47. The fourth-order valence-electron chi connectivity index (χ4n) is 3.00. The number of alkyl halides is 3. The van der Waals surface area contributed by atoms with Crippen LogP contribution in [0.3, 0.4) is 0 Å². The second kappa shape index (κ2) is 9.49. The molecule has 0 amide bonds. The Labute approximate surface area is 167 Å². The van der Waals surface area contributed by atoms with Gasteiger partial charge < -0.3 is 20.1 Å². The number of halogens is 3. The van der Waals surface area contributed by atoms with Crippen molar-refractivity contribution in [3.8, 4) is 11.6 Å². The number of nitrogens with one attached hydrogen (secondary N) is 2. The zero-order valence-electron chi connectivity index (χ0n) is 16.0. The lowest BCUT2D eigenvalue weighted by Crippen LogP contribution is -2.41. The highest BCUT2D eigenvalue weighted by molar-refractivity contribution is 5.80. The average Bonchev–Trinajstić information content (AvgIpc) is 2.71. The fraction of sp³-hybridized carbons (Fsp3) is 0.400. The summed E-state index contributed by atoms with van der Waals surface area (Å²) in [6.45, 7) is 3.33. The molecule has 2 aromatic rings. The van der Waals surface area contributed by atoms with Gasteiger partial charge in [-0.05, 0) is 25.1 Å². The van der Waals surface area contributed by atoms with Crippen molar-refractivity contribution in [2.45, 2.75) is 25.6 Å². The fourth-order valence-corrected chi connectivity index (χ4v) is 3.00. The standard InChI is InChI=1S/C20H23F3N4O2/c1-2-24-19(27-16-9-12-28-17-8-4-3-6-14(16)17)26-11-13-29-18-15(20(21,22)23)7-5-10-25-18/h3-8,10,16H,2,9,11-13H2,1H3,(H2,24,26,27). The van der Waals surface area contributed by atoms with Crippen LogP contribution in [0, 0.1) is 0 Å². The third kappa shape index (κ3) is 5.52. The van der Waals surface area contributed by atoms with Crippen LogP contribution in [0.5, 0.6) is 11.6 Å². The molecule has 0 fully saturated rings. The van der Waals surface area contributed by atoms with Gasteiger partial charge in [0.25, 0.3) is 0 Å². The van der Waals surface area contributed by atoms with E-state index in [1.807, 2.05) is 31.2 Å². The van der Waals surface area contributed by atoms with Crippen molar-refractivity contribution >= 4 is 5.96 Å². The Balaban J connectivity index is 1.61. The van der Waals surface area contributed by atoms with Gasteiger partial charge in [0.15, 0.2) is 5.96 Å². The Morgan fingerprint density at radius 2 is 2.10 bits per heavy atom. The smallest absolute Gasteiger partial charge is 0.421 e. The van der Waals surface area contributed by atoms with E-state index in [2.05, 4.69) is 20.6 Å². The highest BCUT2D eigenvalue weighted by Crippen LogP contribution is 2.34. The maximum absolute atomic E-state index is 13.0. The molecule has 2 heterocycles. The summed E-state index contributed by atoms with van der Waals surface area (Å²) in [7, 11) is 0. The van der Waals surface area contributed by atoms with Crippen LogP contribution in [-0.4, -0.2) is 37.2 Å². The van der Waals surface area contributed by atoms with E-state index in [-0.39, 0.29) is 19.2 Å². The van der Waals surface area contributed by atoms with E-state index in [1.165, 1.54) is 12.3 Å². The van der Waals surface area contributed by atoms with Gasteiger partial charge in [-0.2, -0.15) is 13.2 Å². The summed E-state index contributed by atoms with van der Waals surface area (Å²) < 4.78 is 49.9. The lowest BCUT2D eigenvalue weighted by Gasteiger charge is -2.28. The van der Waals surface area contributed by atoms with Crippen LogP contribution in [0.15, 0.2) is 47.6 Å². The molecule has 0 saturated heterocycles. The first-order chi connectivity index (χ1) is 14.0. The van der Waals surface area contributed by atoms with Crippen molar-refractivity contribution in [2.75, 3.05) is 26.3 Å². The molecule has 2 N–H and O–H groups in total. The van der Waals surface area contributed by atoms with E-state index in [1.54, 1.807) is 0 Å². The molecule has 156 valence electrons. The minimum absolute atomic E-state index is 0.0268. The first kappa shape index (κ1) is 20.8. The van der Waals surface area contributed by atoms with Gasteiger partial charge in [-0.25, -0.2) is 9.98 Å². The van der Waals surface area contributed by atoms with Gasteiger partial charge in [-0.15, -0.1) is 0 Å². The number of pyridine rings is 1. The minimum atomic E-state index is -4.51. The largest absolute Gasteiger partial charge is 0.493 e. The number of nitrogens with zero attached hydrogens (tertiary/aromatic N) is 2. The molecule has 1 aliphatic rings.